The van der Waals surface area contributed by atoms with Crippen LogP contribution in [-0.4, -0.2) is 114 Å². The van der Waals surface area contributed by atoms with Crippen molar-refractivity contribution >= 4 is 35.4 Å². The first-order valence-corrected chi connectivity index (χ1v) is 19.9. The van der Waals surface area contributed by atoms with Crippen molar-refractivity contribution < 1.29 is 28.8 Å². The Morgan fingerprint density at radius 1 is 0.827 bits per heavy atom. The van der Waals surface area contributed by atoms with Gasteiger partial charge in [-0.15, -0.1) is 0 Å². The Morgan fingerprint density at radius 3 is 1.96 bits per heavy atom. The number of ketones is 1. The Labute approximate surface area is 309 Å². The van der Waals surface area contributed by atoms with Crippen molar-refractivity contribution in [3.05, 3.63) is 0 Å². The molecule has 0 aromatic heterocycles. The smallest absolute Gasteiger partial charge is 0.316 e. The first-order chi connectivity index (χ1) is 24.4. The summed E-state index contributed by atoms with van der Waals surface area (Å²) in [7, 11) is 2.04. The van der Waals surface area contributed by atoms with Crippen molar-refractivity contribution in [2.45, 2.75) is 142 Å². The maximum atomic E-state index is 14.9. The van der Waals surface area contributed by atoms with Gasteiger partial charge >= 0.3 is 6.03 Å². The van der Waals surface area contributed by atoms with Crippen LogP contribution >= 0.6 is 0 Å². The third-order valence-electron chi connectivity index (χ3n) is 14.7. The number of nitrogens with zero attached hydrogens (tertiary/aromatic N) is 3. The van der Waals surface area contributed by atoms with Crippen molar-refractivity contribution in [1.82, 2.24) is 30.7 Å². The van der Waals surface area contributed by atoms with Gasteiger partial charge < -0.3 is 36.4 Å². The van der Waals surface area contributed by atoms with Gasteiger partial charge in [0.1, 0.15) is 17.6 Å². The first kappa shape index (κ1) is 38.5. The standard InChI is InChI=1S/C39H63N7O6/c1-35(2,3)29(42-34(52)43-37(14-8-7-9-15-37)33(51)45-20-18-44(6)19-21-45)32(50)46-24-39(36(4,5)38(39)16-11-17-38)23-27(46)31(49)41-26(28(47)30(40)48)22-25-12-10-13-25/h25-27,29H,7-24H2,1-6H3,(H2,40,48)(H,41,49)(H2,42,43,52)/t26?,27-,29+,39+/m0/s1. The molecule has 52 heavy (non-hydrogen) atoms. The number of likely N-dealkylation sites (N-methyl/N-ethyl adjacent to an activating group) is 1. The first-order valence-electron chi connectivity index (χ1n) is 19.9. The van der Waals surface area contributed by atoms with Crippen LogP contribution in [0.2, 0.25) is 0 Å². The predicted molar refractivity (Wildman–Crippen MR) is 196 cm³/mol. The lowest BCUT2D eigenvalue weighted by atomic mass is 9.73. The zero-order valence-corrected chi connectivity index (χ0v) is 32.4. The number of primary amides is 1. The van der Waals surface area contributed by atoms with Crippen LogP contribution < -0.4 is 21.7 Å². The van der Waals surface area contributed by atoms with E-state index in [1.165, 1.54) is 0 Å². The number of fused-ring (bicyclic) bond motifs is 1. The number of nitrogens with one attached hydrogen (secondary N) is 3. The molecule has 0 aromatic rings. The highest BCUT2D eigenvalue weighted by atomic mass is 16.2. The van der Waals surface area contributed by atoms with Crippen molar-refractivity contribution in [2.24, 2.45) is 33.3 Å². The van der Waals surface area contributed by atoms with E-state index in [4.69, 9.17) is 5.73 Å². The van der Waals surface area contributed by atoms with Gasteiger partial charge in [0.25, 0.3) is 5.91 Å². The molecule has 6 amide bonds. The Morgan fingerprint density at radius 2 is 1.46 bits per heavy atom. The summed E-state index contributed by atoms with van der Waals surface area (Å²) in [6.07, 6.45) is 10.6. The number of hydrogen-bond acceptors (Lipinski definition) is 7. The lowest BCUT2D eigenvalue weighted by Crippen LogP contribution is -2.66. The highest BCUT2D eigenvalue weighted by Crippen LogP contribution is 2.88. The number of amides is 6. The second kappa shape index (κ2) is 13.9. The number of carbonyl (C=O) groups excluding carboxylic acids is 6. The zero-order chi connectivity index (χ0) is 37.9. The molecule has 13 heteroatoms. The maximum Gasteiger partial charge on any atom is 0.316 e. The van der Waals surface area contributed by atoms with Crippen molar-refractivity contribution in [3.63, 3.8) is 0 Å². The molecule has 290 valence electrons. The van der Waals surface area contributed by atoms with Gasteiger partial charge in [-0.25, -0.2) is 4.79 Å². The normalized spacial score (nSPS) is 29.0. The number of rotatable bonds is 10. The quantitative estimate of drug-likeness (QED) is 0.251. The van der Waals surface area contributed by atoms with Gasteiger partial charge in [-0.3, -0.25) is 24.0 Å². The van der Waals surface area contributed by atoms with Crippen LogP contribution in [0.1, 0.15) is 118 Å². The molecule has 6 aliphatic rings. The summed E-state index contributed by atoms with van der Waals surface area (Å²) >= 11 is 0. The summed E-state index contributed by atoms with van der Waals surface area (Å²) in [6, 6.07) is -3.49. The van der Waals surface area contributed by atoms with Crippen LogP contribution in [0.15, 0.2) is 0 Å². The molecule has 2 saturated heterocycles. The van der Waals surface area contributed by atoms with E-state index in [1.807, 2.05) is 32.7 Å². The van der Waals surface area contributed by atoms with Crippen LogP contribution in [0, 0.1) is 27.6 Å². The predicted octanol–water partition coefficient (Wildman–Crippen LogP) is 2.70. The fourth-order valence-electron chi connectivity index (χ4n) is 10.9. The lowest BCUT2D eigenvalue weighted by molar-refractivity contribution is -0.143. The number of piperazine rings is 1. The van der Waals surface area contributed by atoms with E-state index in [2.05, 4.69) is 34.7 Å². The molecule has 5 N–H and O–H groups in total. The van der Waals surface area contributed by atoms with Gasteiger partial charge in [0.2, 0.25) is 23.5 Å². The largest absolute Gasteiger partial charge is 0.363 e. The summed E-state index contributed by atoms with van der Waals surface area (Å²) < 4.78 is 0. The second-order valence-corrected chi connectivity index (χ2v) is 18.8. The van der Waals surface area contributed by atoms with Gasteiger partial charge in [0, 0.05) is 38.1 Å². The van der Waals surface area contributed by atoms with Crippen LogP contribution in [-0.2, 0) is 24.0 Å². The van der Waals surface area contributed by atoms with Gasteiger partial charge in [-0.1, -0.05) is 79.6 Å². The zero-order valence-electron chi connectivity index (χ0n) is 32.4. The molecule has 2 heterocycles. The number of nitrogens with two attached hydrogens (primary N) is 1. The molecular weight excluding hydrogens is 662 g/mol. The van der Waals surface area contributed by atoms with E-state index in [0.29, 0.717) is 45.3 Å². The SMILES string of the molecule is CN1CCN(C(=O)C2(NC(=O)N[C@H](C(=O)N3C[C@]4(C[C@H]3C(=O)NC(CC3CCC3)C(=O)C(N)=O)C(C)(C)C43CCC3)C(C)(C)C)CCCCC2)CC1. The van der Waals surface area contributed by atoms with Crippen LogP contribution in [0.25, 0.3) is 0 Å². The minimum Gasteiger partial charge on any atom is -0.363 e. The van der Waals surface area contributed by atoms with Crippen molar-refractivity contribution in [3.8, 4) is 0 Å². The van der Waals surface area contributed by atoms with Gasteiger partial charge in [-0.2, -0.15) is 0 Å². The molecule has 2 aliphatic heterocycles. The Bertz CT molecular complexity index is 1450. The van der Waals surface area contributed by atoms with Gasteiger partial charge in [0.05, 0.1) is 6.04 Å². The summed E-state index contributed by atoms with van der Waals surface area (Å²) in [6.45, 7) is 13.3. The summed E-state index contributed by atoms with van der Waals surface area (Å²) in [5.41, 5.74) is 3.30. The third-order valence-corrected chi connectivity index (χ3v) is 14.7. The minimum atomic E-state index is -1.08. The monoisotopic (exact) mass is 725 g/mol. The highest BCUT2D eigenvalue weighted by Gasteiger charge is 2.85. The van der Waals surface area contributed by atoms with E-state index in [0.717, 1.165) is 70.9 Å². The van der Waals surface area contributed by atoms with Crippen LogP contribution in [0.5, 0.6) is 0 Å². The molecule has 2 spiro atoms. The summed E-state index contributed by atoms with van der Waals surface area (Å²) in [5.74, 6) is -2.56. The Kier molecular flexibility index (Phi) is 10.3. The van der Waals surface area contributed by atoms with E-state index in [9.17, 15) is 28.8 Å². The third kappa shape index (κ3) is 6.50. The van der Waals surface area contributed by atoms with Crippen molar-refractivity contribution in [1.29, 1.82) is 0 Å². The number of Topliss-reactive ketones (excluding diaryl/α,β-unsaturated/α-hetero) is 1. The molecule has 0 bridgehead atoms. The number of urea groups is 1. The summed E-state index contributed by atoms with van der Waals surface area (Å²) in [5, 5.41) is 8.96. The molecule has 4 atom stereocenters. The number of carbonyl (C=O) groups is 6. The number of likely N-dealkylation sites (tertiary alicyclic amines) is 1. The molecular formula is C39H63N7O6. The Hall–Kier alpha value is -3.22. The molecule has 0 radical (unpaired) electrons. The summed E-state index contributed by atoms with van der Waals surface area (Å²) in [4.78, 5) is 88.0. The molecule has 4 saturated carbocycles. The van der Waals surface area contributed by atoms with E-state index >= 15 is 0 Å². The fourth-order valence-corrected chi connectivity index (χ4v) is 10.9. The fraction of sp³-hybridized carbons (Fsp3) is 0.846. The molecule has 6 fully saturated rings. The molecule has 13 nitrogen and oxygen atoms in total. The van der Waals surface area contributed by atoms with E-state index in [1.54, 1.807) is 4.90 Å². The molecule has 0 aromatic carbocycles. The van der Waals surface area contributed by atoms with Gasteiger partial charge in [0.15, 0.2) is 0 Å². The molecule has 1 unspecified atom stereocenters. The maximum absolute atomic E-state index is 14.9. The van der Waals surface area contributed by atoms with Gasteiger partial charge in [-0.05, 0) is 67.7 Å². The number of hydrogen-bond donors (Lipinski definition) is 4. The molecule has 6 rings (SSSR count). The lowest BCUT2D eigenvalue weighted by Gasteiger charge is -2.43. The topological polar surface area (TPSA) is 174 Å². The molecule has 4 aliphatic carbocycles. The van der Waals surface area contributed by atoms with Crippen LogP contribution in [0.3, 0.4) is 0 Å². The average molecular weight is 726 g/mol. The minimum absolute atomic E-state index is 0.0287. The van der Waals surface area contributed by atoms with E-state index < -0.39 is 52.7 Å². The average Bonchev–Trinajstić information content (AvgIpc) is 3.26. The van der Waals surface area contributed by atoms with E-state index in [-0.39, 0.29) is 34.0 Å². The van der Waals surface area contributed by atoms with Crippen molar-refractivity contribution in [2.75, 3.05) is 39.8 Å². The highest BCUT2D eigenvalue weighted by molar-refractivity contribution is 6.37. The second-order valence-electron chi connectivity index (χ2n) is 18.8. The Balaban J connectivity index is 1.24. The van der Waals surface area contributed by atoms with Crippen LogP contribution in [0.4, 0.5) is 4.79 Å².